The van der Waals surface area contributed by atoms with E-state index in [0.29, 0.717) is 36.6 Å². The summed E-state index contributed by atoms with van der Waals surface area (Å²) in [7, 11) is 0. The van der Waals surface area contributed by atoms with Gasteiger partial charge in [-0.1, -0.05) is 0 Å². The maximum absolute atomic E-state index is 12.7. The van der Waals surface area contributed by atoms with Gasteiger partial charge in [-0.25, -0.2) is 9.50 Å². The molecule has 3 heterocycles. The van der Waals surface area contributed by atoms with Crippen molar-refractivity contribution in [1.29, 1.82) is 0 Å². The summed E-state index contributed by atoms with van der Waals surface area (Å²) in [6.07, 6.45) is 9.78. The molecule has 0 spiro atoms. The molecule has 11 nitrogen and oxygen atoms in total. The molecule has 1 aliphatic heterocycles. The highest BCUT2D eigenvalue weighted by Gasteiger charge is 2.38. The molecule has 2 fully saturated rings. The molecule has 174 valence electrons. The minimum absolute atomic E-state index is 0.0213. The lowest BCUT2D eigenvalue weighted by molar-refractivity contribution is -0.123. The molecular formula is C21H30N6O5. The van der Waals surface area contributed by atoms with E-state index in [9.17, 15) is 9.59 Å². The fourth-order valence-corrected chi connectivity index (χ4v) is 4.12. The van der Waals surface area contributed by atoms with Gasteiger partial charge in [0.05, 0.1) is 12.8 Å². The SMILES string of the molecule is O=C(C[C@H]1CC[C@@H](CNC(=O)c2cnn3cccnc23)N1CC1CC1)NCCO.O=CO. The Kier molecular flexibility index (Phi) is 8.51. The van der Waals surface area contributed by atoms with Gasteiger partial charge in [0.25, 0.3) is 12.4 Å². The third kappa shape index (κ3) is 6.24. The quantitative estimate of drug-likeness (QED) is 0.390. The van der Waals surface area contributed by atoms with Crippen LogP contribution >= 0.6 is 0 Å². The van der Waals surface area contributed by atoms with Crippen molar-refractivity contribution in [1.82, 2.24) is 30.1 Å². The molecule has 0 bridgehead atoms. The van der Waals surface area contributed by atoms with Crippen molar-refractivity contribution in [2.75, 3.05) is 26.2 Å². The smallest absolute Gasteiger partial charge is 0.290 e. The topological polar surface area (TPSA) is 149 Å². The number of carbonyl (C=O) groups excluding carboxylic acids is 2. The summed E-state index contributed by atoms with van der Waals surface area (Å²) < 4.78 is 1.59. The molecule has 2 amide bonds. The lowest BCUT2D eigenvalue weighted by Gasteiger charge is -2.30. The number of nitrogens with zero attached hydrogens (tertiary/aromatic N) is 4. The van der Waals surface area contributed by atoms with Crippen molar-refractivity contribution >= 4 is 23.9 Å². The fraction of sp³-hybridized carbons (Fsp3) is 0.571. The van der Waals surface area contributed by atoms with E-state index < -0.39 is 0 Å². The molecule has 1 saturated carbocycles. The van der Waals surface area contributed by atoms with E-state index in [2.05, 4.69) is 25.6 Å². The molecule has 2 atom stereocenters. The molecular weight excluding hydrogens is 416 g/mol. The molecule has 2 aromatic rings. The number of rotatable bonds is 9. The third-order valence-electron chi connectivity index (χ3n) is 5.81. The number of aromatic nitrogens is 3. The van der Waals surface area contributed by atoms with Gasteiger partial charge in [-0.05, 0) is 37.7 Å². The summed E-state index contributed by atoms with van der Waals surface area (Å²) in [6, 6.07) is 2.19. The van der Waals surface area contributed by atoms with Crippen molar-refractivity contribution in [2.45, 2.75) is 44.2 Å². The second kappa shape index (κ2) is 11.5. The van der Waals surface area contributed by atoms with Gasteiger partial charge in [0, 0.05) is 50.5 Å². The molecule has 2 aliphatic rings. The predicted octanol–water partition coefficient (Wildman–Crippen LogP) is -0.0985. The van der Waals surface area contributed by atoms with Crippen LogP contribution < -0.4 is 10.6 Å². The van der Waals surface area contributed by atoms with Crippen molar-refractivity contribution in [2.24, 2.45) is 5.92 Å². The average Bonchev–Trinajstić information content (AvgIpc) is 3.39. The Bertz CT molecular complexity index is 915. The summed E-state index contributed by atoms with van der Waals surface area (Å²) in [4.78, 5) is 39.8. The molecule has 0 aromatic carbocycles. The molecule has 0 radical (unpaired) electrons. The predicted molar refractivity (Wildman–Crippen MR) is 115 cm³/mol. The number of carbonyl (C=O) groups is 3. The van der Waals surface area contributed by atoms with Crippen LogP contribution in [-0.4, -0.2) is 86.3 Å². The van der Waals surface area contributed by atoms with Gasteiger partial charge in [0.15, 0.2) is 5.65 Å². The maximum atomic E-state index is 12.7. The normalized spacial score (nSPS) is 20.4. The number of aliphatic hydroxyl groups excluding tert-OH is 1. The van der Waals surface area contributed by atoms with Crippen molar-refractivity contribution in [3.63, 3.8) is 0 Å². The monoisotopic (exact) mass is 446 g/mol. The van der Waals surface area contributed by atoms with E-state index in [-0.39, 0.29) is 37.0 Å². The largest absolute Gasteiger partial charge is 0.483 e. The lowest BCUT2D eigenvalue weighted by Crippen LogP contribution is -2.45. The van der Waals surface area contributed by atoms with Crippen LogP contribution in [0, 0.1) is 5.92 Å². The van der Waals surface area contributed by atoms with Crippen LogP contribution in [0.2, 0.25) is 0 Å². The van der Waals surface area contributed by atoms with Gasteiger partial charge < -0.3 is 20.8 Å². The van der Waals surface area contributed by atoms with Crippen molar-refractivity contribution in [3.05, 3.63) is 30.2 Å². The Labute approximate surface area is 185 Å². The zero-order valence-electron chi connectivity index (χ0n) is 17.9. The minimum atomic E-state index is -0.250. The van der Waals surface area contributed by atoms with E-state index in [1.54, 1.807) is 29.2 Å². The van der Waals surface area contributed by atoms with Crippen LogP contribution in [0.15, 0.2) is 24.7 Å². The highest BCUT2D eigenvalue weighted by Crippen LogP contribution is 2.35. The number of hydrogen-bond donors (Lipinski definition) is 4. The van der Waals surface area contributed by atoms with Gasteiger partial charge in [-0.15, -0.1) is 0 Å². The van der Waals surface area contributed by atoms with E-state index in [0.717, 1.165) is 19.4 Å². The van der Waals surface area contributed by atoms with Crippen LogP contribution in [-0.2, 0) is 9.59 Å². The number of aliphatic hydroxyl groups is 1. The molecule has 11 heteroatoms. The van der Waals surface area contributed by atoms with Crippen LogP contribution in [0.3, 0.4) is 0 Å². The van der Waals surface area contributed by atoms with Gasteiger partial charge >= 0.3 is 0 Å². The summed E-state index contributed by atoms with van der Waals surface area (Å²) >= 11 is 0. The summed E-state index contributed by atoms with van der Waals surface area (Å²) in [6.45, 7) is 1.53. The molecule has 2 aromatic heterocycles. The Morgan fingerprint density at radius 1 is 1.19 bits per heavy atom. The maximum Gasteiger partial charge on any atom is 0.290 e. The fourth-order valence-electron chi connectivity index (χ4n) is 4.12. The molecule has 0 unspecified atom stereocenters. The number of amides is 2. The first-order chi connectivity index (χ1) is 15.6. The van der Waals surface area contributed by atoms with Gasteiger partial charge in [0.1, 0.15) is 5.56 Å². The van der Waals surface area contributed by atoms with Gasteiger partial charge in [-0.2, -0.15) is 5.10 Å². The molecule has 4 N–H and O–H groups in total. The first kappa shape index (κ1) is 23.6. The summed E-state index contributed by atoms with van der Waals surface area (Å²) in [5, 5.41) is 25.7. The van der Waals surface area contributed by atoms with Crippen molar-refractivity contribution < 1.29 is 24.6 Å². The highest BCUT2D eigenvalue weighted by molar-refractivity contribution is 5.99. The first-order valence-electron chi connectivity index (χ1n) is 10.8. The second-order valence-corrected chi connectivity index (χ2v) is 8.06. The van der Waals surface area contributed by atoms with Gasteiger partial charge in [-0.3, -0.25) is 19.3 Å². The molecule has 1 aliphatic carbocycles. The third-order valence-corrected chi connectivity index (χ3v) is 5.81. The summed E-state index contributed by atoms with van der Waals surface area (Å²) in [5.74, 6) is 0.513. The van der Waals surface area contributed by atoms with Crippen LogP contribution in [0.5, 0.6) is 0 Å². The van der Waals surface area contributed by atoms with Crippen molar-refractivity contribution in [3.8, 4) is 0 Å². The van der Waals surface area contributed by atoms with Crippen LogP contribution in [0.4, 0.5) is 0 Å². The second-order valence-electron chi connectivity index (χ2n) is 8.06. The van der Waals surface area contributed by atoms with E-state index >= 15 is 0 Å². The zero-order valence-corrected chi connectivity index (χ0v) is 17.9. The Hall–Kier alpha value is -3.05. The molecule has 1 saturated heterocycles. The number of nitrogens with one attached hydrogen (secondary N) is 2. The highest BCUT2D eigenvalue weighted by atomic mass is 16.3. The Morgan fingerprint density at radius 3 is 2.66 bits per heavy atom. The molecule has 32 heavy (non-hydrogen) atoms. The number of likely N-dealkylation sites (tertiary alicyclic amines) is 1. The van der Waals surface area contributed by atoms with Crippen LogP contribution in [0.1, 0.15) is 42.5 Å². The molecule has 4 rings (SSSR count). The number of fused-ring (bicyclic) bond motifs is 1. The zero-order chi connectivity index (χ0) is 22.9. The lowest BCUT2D eigenvalue weighted by atomic mass is 10.1. The van der Waals surface area contributed by atoms with E-state index in [1.807, 2.05) is 0 Å². The number of hydrogen-bond acceptors (Lipinski definition) is 7. The first-order valence-corrected chi connectivity index (χ1v) is 10.8. The standard InChI is InChI=1S/C20H28N6O3.CH2O2/c27-9-7-21-18(28)10-15-4-5-16(25(15)13-14-2-3-14)11-23-20(29)17-12-24-26-8-1-6-22-19(17)26;2-1-3/h1,6,8,12,14-16,27H,2-5,7,9-11,13H2,(H,21,28)(H,23,29);1H,(H,2,3)/t15-,16+;/m1./s1. The average molecular weight is 447 g/mol. The van der Waals surface area contributed by atoms with E-state index in [4.69, 9.17) is 15.0 Å². The number of carboxylic acid groups (broad SMARTS) is 1. The van der Waals surface area contributed by atoms with E-state index in [1.165, 1.54) is 12.8 Å². The van der Waals surface area contributed by atoms with Crippen LogP contribution in [0.25, 0.3) is 5.65 Å². The van der Waals surface area contributed by atoms with Gasteiger partial charge in [0.2, 0.25) is 5.91 Å². The minimum Gasteiger partial charge on any atom is -0.483 e. The summed E-state index contributed by atoms with van der Waals surface area (Å²) in [5.41, 5.74) is 1.02. The Balaban J connectivity index is 0.000000913. The Morgan fingerprint density at radius 2 is 1.94 bits per heavy atom.